The van der Waals surface area contributed by atoms with E-state index in [4.69, 9.17) is 0 Å². The molecule has 1 aromatic carbocycles. The van der Waals surface area contributed by atoms with Crippen LogP contribution in [0.15, 0.2) is 48.3 Å². The molecule has 1 aromatic rings. The highest BCUT2D eigenvalue weighted by Crippen LogP contribution is 2.40. The van der Waals surface area contributed by atoms with E-state index in [1.165, 1.54) is 29.2 Å². The number of aliphatic hydroxyl groups excluding tert-OH is 1. The van der Waals surface area contributed by atoms with Crippen LogP contribution in [-0.4, -0.2) is 23.7 Å². The van der Waals surface area contributed by atoms with Gasteiger partial charge >= 0.3 is 0 Å². The van der Waals surface area contributed by atoms with Crippen LogP contribution >= 0.6 is 0 Å². The molecule has 1 amide bonds. The maximum absolute atomic E-state index is 13.1. The SMILES string of the molecule is O=C1[C@H](CF)[C@@H](C2C=CC(O)=CC2)N1c1ccc(F)cc1. The minimum absolute atomic E-state index is 0.0515. The Labute approximate surface area is 121 Å². The van der Waals surface area contributed by atoms with Crippen LogP contribution in [0.25, 0.3) is 0 Å². The Morgan fingerprint density at radius 3 is 2.57 bits per heavy atom. The maximum atomic E-state index is 13.1. The van der Waals surface area contributed by atoms with Gasteiger partial charge in [-0.25, -0.2) is 4.39 Å². The predicted molar refractivity (Wildman–Crippen MR) is 75.1 cm³/mol. The van der Waals surface area contributed by atoms with E-state index in [0.29, 0.717) is 12.1 Å². The number of allylic oxidation sites excluding steroid dienone is 2. The molecular formula is C16H15F2NO2. The van der Waals surface area contributed by atoms with Crippen LogP contribution in [0.1, 0.15) is 6.42 Å². The van der Waals surface area contributed by atoms with Crippen molar-refractivity contribution in [3.63, 3.8) is 0 Å². The van der Waals surface area contributed by atoms with Crippen LogP contribution in [-0.2, 0) is 4.79 Å². The highest BCUT2D eigenvalue weighted by Gasteiger charge is 2.50. The predicted octanol–water partition coefficient (Wildman–Crippen LogP) is 3.14. The minimum Gasteiger partial charge on any atom is -0.508 e. The summed E-state index contributed by atoms with van der Waals surface area (Å²) in [6.07, 6.45) is 5.57. The Morgan fingerprint density at radius 1 is 1.29 bits per heavy atom. The van der Waals surface area contributed by atoms with Gasteiger partial charge in [-0.3, -0.25) is 9.18 Å². The summed E-state index contributed by atoms with van der Waals surface area (Å²) in [5.41, 5.74) is 0.572. The van der Waals surface area contributed by atoms with Crippen LogP contribution in [0.4, 0.5) is 14.5 Å². The summed E-state index contributed by atoms with van der Waals surface area (Å²) >= 11 is 0. The fourth-order valence-electron chi connectivity index (χ4n) is 3.00. The molecule has 1 N–H and O–H groups in total. The van der Waals surface area contributed by atoms with Gasteiger partial charge in [0.05, 0.1) is 12.0 Å². The van der Waals surface area contributed by atoms with Crippen LogP contribution in [0, 0.1) is 17.7 Å². The molecule has 1 heterocycles. The van der Waals surface area contributed by atoms with Crippen molar-refractivity contribution in [2.75, 3.05) is 11.6 Å². The number of halogens is 2. The molecule has 3 rings (SSSR count). The number of alkyl halides is 1. The summed E-state index contributed by atoms with van der Waals surface area (Å²) < 4.78 is 26.1. The molecule has 1 unspecified atom stereocenters. The summed E-state index contributed by atoms with van der Waals surface area (Å²) in [5.74, 6) is -1.19. The first-order valence-corrected chi connectivity index (χ1v) is 6.83. The standard InChI is InChI=1S/C16H15F2NO2/c17-9-14-15(10-1-7-13(20)8-2-10)19(16(14)21)12-5-3-11(18)4-6-12/h1,3-8,10,14-15,20H,2,9H2/t10?,14-,15-/m1/s1. The number of hydrogen-bond donors (Lipinski definition) is 1. The summed E-state index contributed by atoms with van der Waals surface area (Å²) in [5, 5.41) is 9.37. The van der Waals surface area contributed by atoms with Crippen molar-refractivity contribution in [2.24, 2.45) is 11.8 Å². The number of β-lactam (4-membered cyclic amide) rings is 1. The summed E-state index contributed by atoms with van der Waals surface area (Å²) in [6, 6.07) is 5.31. The van der Waals surface area contributed by atoms with Gasteiger partial charge in [0, 0.05) is 11.6 Å². The van der Waals surface area contributed by atoms with Gasteiger partial charge in [0.1, 0.15) is 18.3 Å². The highest BCUT2D eigenvalue weighted by molar-refractivity contribution is 6.03. The van der Waals surface area contributed by atoms with Gasteiger partial charge in [-0.1, -0.05) is 6.08 Å². The zero-order chi connectivity index (χ0) is 15.0. The number of carbonyl (C=O) groups excluding carboxylic acids is 1. The van der Waals surface area contributed by atoms with E-state index in [1.807, 2.05) is 0 Å². The molecular weight excluding hydrogens is 276 g/mol. The van der Waals surface area contributed by atoms with E-state index in [1.54, 1.807) is 18.2 Å². The molecule has 3 nitrogen and oxygen atoms in total. The van der Waals surface area contributed by atoms with E-state index in [9.17, 15) is 18.7 Å². The van der Waals surface area contributed by atoms with Gasteiger partial charge in [0.25, 0.3) is 0 Å². The number of rotatable bonds is 3. The number of aliphatic hydroxyl groups is 1. The second kappa shape index (κ2) is 5.31. The Morgan fingerprint density at radius 2 is 2.00 bits per heavy atom. The van der Waals surface area contributed by atoms with Crippen molar-refractivity contribution >= 4 is 11.6 Å². The molecule has 1 aliphatic heterocycles. The molecule has 0 spiro atoms. The second-order valence-corrected chi connectivity index (χ2v) is 5.32. The van der Waals surface area contributed by atoms with E-state index in [0.717, 1.165) is 0 Å². The minimum atomic E-state index is -0.707. The average Bonchev–Trinajstić information content (AvgIpc) is 2.48. The van der Waals surface area contributed by atoms with Crippen LogP contribution < -0.4 is 4.90 Å². The third-order valence-electron chi connectivity index (χ3n) is 4.09. The summed E-state index contributed by atoms with van der Waals surface area (Å²) in [7, 11) is 0. The zero-order valence-corrected chi connectivity index (χ0v) is 11.2. The van der Waals surface area contributed by atoms with E-state index in [-0.39, 0.29) is 29.4 Å². The highest BCUT2D eigenvalue weighted by atomic mass is 19.1. The molecule has 110 valence electrons. The molecule has 0 bridgehead atoms. The normalized spacial score (nSPS) is 28.3. The van der Waals surface area contributed by atoms with Crippen molar-refractivity contribution in [2.45, 2.75) is 12.5 Å². The monoisotopic (exact) mass is 291 g/mol. The summed E-state index contributed by atoms with van der Waals surface area (Å²) in [6.45, 7) is -0.707. The number of carbonyl (C=O) groups is 1. The molecule has 1 aliphatic carbocycles. The third-order valence-corrected chi connectivity index (χ3v) is 4.09. The van der Waals surface area contributed by atoms with Gasteiger partial charge in [0.2, 0.25) is 5.91 Å². The van der Waals surface area contributed by atoms with Gasteiger partial charge in [-0.15, -0.1) is 0 Å². The molecule has 1 fully saturated rings. The summed E-state index contributed by atoms with van der Waals surface area (Å²) in [4.78, 5) is 13.6. The topological polar surface area (TPSA) is 40.5 Å². The fraction of sp³-hybridized carbons (Fsp3) is 0.312. The van der Waals surface area contributed by atoms with Gasteiger partial charge in [-0.2, -0.15) is 0 Å². The lowest BCUT2D eigenvalue weighted by Gasteiger charge is -2.49. The Hall–Kier alpha value is -2.17. The first-order chi connectivity index (χ1) is 10.1. The Bertz CT molecular complexity index is 609. The van der Waals surface area contributed by atoms with Crippen molar-refractivity contribution in [3.05, 3.63) is 54.1 Å². The van der Waals surface area contributed by atoms with Gasteiger partial charge in [-0.05, 0) is 42.8 Å². The lowest BCUT2D eigenvalue weighted by molar-refractivity contribution is -0.131. The lowest BCUT2D eigenvalue weighted by Crippen LogP contribution is -2.65. The van der Waals surface area contributed by atoms with Gasteiger partial charge in [0.15, 0.2) is 0 Å². The fourth-order valence-corrected chi connectivity index (χ4v) is 3.00. The van der Waals surface area contributed by atoms with Crippen molar-refractivity contribution in [1.82, 2.24) is 0 Å². The quantitative estimate of drug-likeness (QED) is 0.869. The smallest absolute Gasteiger partial charge is 0.235 e. The van der Waals surface area contributed by atoms with Crippen molar-refractivity contribution in [1.29, 1.82) is 0 Å². The molecule has 0 saturated carbocycles. The van der Waals surface area contributed by atoms with Crippen LogP contribution in [0.2, 0.25) is 0 Å². The van der Waals surface area contributed by atoms with E-state index >= 15 is 0 Å². The van der Waals surface area contributed by atoms with Crippen molar-refractivity contribution < 1.29 is 18.7 Å². The Kier molecular flexibility index (Phi) is 3.49. The van der Waals surface area contributed by atoms with Crippen LogP contribution in [0.5, 0.6) is 0 Å². The number of anilines is 1. The molecule has 0 radical (unpaired) electrons. The largest absolute Gasteiger partial charge is 0.508 e. The lowest BCUT2D eigenvalue weighted by atomic mass is 9.76. The number of amides is 1. The number of nitrogens with zero attached hydrogens (tertiary/aromatic N) is 1. The first kappa shape index (κ1) is 13.8. The molecule has 3 atom stereocenters. The van der Waals surface area contributed by atoms with E-state index < -0.39 is 12.6 Å². The first-order valence-electron chi connectivity index (χ1n) is 6.83. The van der Waals surface area contributed by atoms with Crippen LogP contribution in [0.3, 0.4) is 0 Å². The molecule has 0 aromatic heterocycles. The van der Waals surface area contributed by atoms with Gasteiger partial charge < -0.3 is 10.0 Å². The Balaban J connectivity index is 1.87. The third kappa shape index (κ3) is 2.33. The second-order valence-electron chi connectivity index (χ2n) is 5.32. The molecule has 1 saturated heterocycles. The molecule has 5 heteroatoms. The zero-order valence-electron chi connectivity index (χ0n) is 11.2. The van der Waals surface area contributed by atoms with Crippen molar-refractivity contribution in [3.8, 4) is 0 Å². The van der Waals surface area contributed by atoms with E-state index in [2.05, 4.69) is 0 Å². The number of benzene rings is 1. The number of hydrogen-bond acceptors (Lipinski definition) is 2. The average molecular weight is 291 g/mol. The maximum Gasteiger partial charge on any atom is 0.235 e. The molecule has 21 heavy (non-hydrogen) atoms. The molecule has 2 aliphatic rings.